The molecule has 3 heterocycles. The molecule has 5 rings (SSSR count). The highest BCUT2D eigenvalue weighted by atomic mass is 16.5. The number of benzene rings is 1. The first-order valence-corrected chi connectivity index (χ1v) is 9.64. The molecule has 4 atom stereocenters. The Hall–Kier alpha value is -3.10. The van der Waals surface area contributed by atoms with E-state index in [4.69, 9.17) is 4.52 Å². The minimum Gasteiger partial charge on any atom is -0.372 e. The van der Waals surface area contributed by atoms with E-state index < -0.39 is 12.3 Å². The van der Waals surface area contributed by atoms with E-state index >= 15 is 0 Å². The summed E-state index contributed by atoms with van der Waals surface area (Å²) in [6.45, 7) is 0. The minimum absolute atomic E-state index is 0.0771. The lowest BCUT2D eigenvalue weighted by Crippen LogP contribution is -2.47. The number of aliphatic hydroxyl groups is 1. The molecule has 3 aromatic rings. The third kappa shape index (κ3) is 3.30. The number of carbonyl (C=O) groups is 1. The maximum absolute atomic E-state index is 13.0. The predicted octanol–water partition coefficient (Wildman–Crippen LogP) is 1.78. The van der Waals surface area contributed by atoms with Gasteiger partial charge in [-0.15, -0.1) is 0 Å². The van der Waals surface area contributed by atoms with Gasteiger partial charge >= 0.3 is 0 Å². The van der Waals surface area contributed by atoms with Crippen molar-refractivity contribution in [2.75, 3.05) is 11.9 Å². The van der Waals surface area contributed by atoms with E-state index in [0.717, 1.165) is 17.7 Å². The van der Waals surface area contributed by atoms with Crippen LogP contribution in [0.5, 0.6) is 0 Å². The molecule has 0 saturated heterocycles. The maximum Gasteiger partial charge on any atom is 0.245 e. The second kappa shape index (κ2) is 7.06. The van der Waals surface area contributed by atoms with Gasteiger partial charge in [0.2, 0.25) is 5.91 Å². The van der Waals surface area contributed by atoms with Gasteiger partial charge in [0.25, 0.3) is 0 Å². The monoisotopic (exact) mass is 391 g/mol. The molecule has 1 aromatic carbocycles. The van der Waals surface area contributed by atoms with Gasteiger partial charge in [0.1, 0.15) is 11.5 Å². The molecule has 1 fully saturated rings. The van der Waals surface area contributed by atoms with Crippen molar-refractivity contribution in [3.63, 3.8) is 0 Å². The van der Waals surface area contributed by atoms with Crippen molar-refractivity contribution in [1.29, 1.82) is 0 Å². The van der Waals surface area contributed by atoms with E-state index in [9.17, 15) is 9.90 Å². The van der Waals surface area contributed by atoms with Crippen LogP contribution in [0.15, 0.2) is 53.3 Å². The lowest BCUT2D eigenvalue weighted by molar-refractivity contribution is -0.121. The summed E-state index contributed by atoms with van der Waals surface area (Å²) in [5.41, 5.74) is 2.30. The lowest BCUT2D eigenvalue weighted by Gasteiger charge is -2.24. The summed E-state index contributed by atoms with van der Waals surface area (Å²) in [7, 11) is 1.69. The molecule has 0 bridgehead atoms. The first-order chi connectivity index (χ1) is 14.1. The molecule has 1 aliphatic heterocycles. The highest BCUT2D eigenvalue weighted by Gasteiger charge is 2.53. The van der Waals surface area contributed by atoms with Crippen LogP contribution in [-0.2, 0) is 11.2 Å². The van der Waals surface area contributed by atoms with Crippen LogP contribution in [0.1, 0.15) is 41.3 Å². The van der Waals surface area contributed by atoms with Crippen molar-refractivity contribution in [2.45, 2.75) is 31.0 Å². The topological polar surface area (TPSA) is 104 Å². The predicted molar refractivity (Wildman–Crippen MR) is 104 cm³/mol. The van der Waals surface area contributed by atoms with E-state index in [2.05, 4.69) is 20.4 Å². The van der Waals surface area contributed by atoms with Crippen molar-refractivity contribution >= 4 is 11.7 Å². The second-order valence-electron chi connectivity index (χ2n) is 7.60. The summed E-state index contributed by atoms with van der Waals surface area (Å²) in [6, 6.07) is 11.1. The van der Waals surface area contributed by atoms with E-state index in [1.165, 1.54) is 4.90 Å². The molecule has 0 spiro atoms. The molecule has 1 saturated carbocycles. The summed E-state index contributed by atoms with van der Waals surface area (Å²) in [4.78, 5) is 23.3. The molecule has 0 radical (unpaired) electrons. The van der Waals surface area contributed by atoms with Gasteiger partial charge in [-0.2, -0.15) is 0 Å². The molecule has 1 amide bonds. The van der Waals surface area contributed by atoms with E-state index in [-0.39, 0.29) is 17.7 Å². The fraction of sp³-hybridized carbons (Fsp3) is 0.333. The van der Waals surface area contributed by atoms with Crippen LogP contribution in [-0.4, -0.2) is 39.2 Å². The van der Waals surface area contributed by atoms with Gasteiger partial charge in [-0.05, 0) is 17.9 Å². The number of aliphatic hydroxyl groups excluding tert-OH is 1. The Morgan fingerprint density at radius 1 is 1.28 bits per heavy atom. The lowest BCUT2D eigenvalue weighted by atomic mass is 10.1. The Kier molecular flexibility index (Phi) is 4.37. The van der Waals surface area contributed by atoms with Gasteiger partial charge in [-0.1, -0.05) is 35.5 Å². The van der Waals surface area contributed by atoms with E-state index in [1.54, 1.807) is 25.5 Å². The van der Waals surface area contributed by atoms with Crippen LogP contribution >= 0.6 is 0 Å². The number of hydrogen-bond acceptors (Lipinski definition) is 7. The molecular formula is C21H21N5O3. The summed E-state index contributed by atoms with van der Waals surface area (Å²) in [5.74, 6) is 1.36. The quantitative estimate of drug-likeness (QED) is 0.639. The Morgan fingerprint density at radius 3 is 2.90 bits per heavy atom. The number of likely N-dealkylation sites (N-methyl/N-ethyl adjacent to an activating group) is 1. The number of nitrogens with zero attached hydrogens (tertiary/aromatic N) is 4. The zero-order valence-corrected chi connectivity index (χ0v) is 15.9. The number of carbonyl (C=O) groups excluding carboxylic acids is 1. The molecular weight excluding hydrogens is 370 g/mol. The van der Waals surface area contributed by atoms with Crippen LogP contribution in [0, 0.1) is 5.92 Å². The molecule has 1 unspecified atom stereocenters. The van der Waals surface area contributed by atoms with Crippen LogP contribution in [0.25, 0.3) is 0 Å². The highest BCUT2D eigenvalue weighted by molar-refractivity contribution is 5.98. The third-order valence-corrected chi connectivity index (χ3v) is 5.66. The molecule has 29 heavy (non-hydrogen) atoms. The normalized spacial score (nSPS) is 23.9. The molecule has 1 aliphatic carbocycles. The van der Waals surface area contributed by atoms with Gasteiger partial charge in [0, 0.05) is 37.8 Å². The minimum atomic E-state index is -1.10. The van der Waals surface area contributed by atoms with E-state index in [1.807, 2.05) is 30.3 Å². The zero-order valence-electron chi connectivity index (χ0n) is 15.9. The van der Waals surface area contributed by atoms with Gasteiger partial charge < -0.3 is 9.63 Å². The smallest absolute Gasteiger partial charge is 0.245 e. The van der Waals surface area contributed by atoms with Crippen LogP contribution < -0.4 is 10.2 Å². The number of fused-ring (bicyclic) bond motifs is 3. The first-order valence-electron chi connectivity index (χ1n) is 9.64. The first kappa shape index (κ1) is 18.0. The Labute approximate surface area is 167 Å². The van der Waals surface area contributed by atoms with Gasteiger partial charge in [-0.3, -0.25) is 20.0 Å². The maximum atomic E-state index is 13.0. The van der Waals surface area contributed by atoms with Crippen LogP contribution in [0.4, 0.5) is 5.82 Å². The number of amides is 1. The average molecular weight is 391 g/mol. The second-order valence-corrected chi connectivity index (χ2v) is 7.60. The van der Waals surface area contributed by atoms with Crippen molar-refractivity contribution in [3.05, 3.63) is 71.5 Å². The Balaban J connectivity index is 1.31. The standard InChI is InChI=1S/C21H21N5O3/c1-26-19-17(22-7-8-23-19)14-11-15(14)18(21(26)28)24-20(27)16-10-13(29-25-16)9-12-5-3-2-4-6-12/h2-8,10,14-15,18,20,24,27H,9,11H2,1H3/t14-,15+,18+,20?/m1/s1. The van der Waals surface area contributed by atoms with Crippen molar-refractivity contribution in [2.24, 2.45) is 5.92 Å². The number of nitrogens with one attached hydrogen (secondary N) is 1. The summed E-state index contributed by atoms with van der Waals surface area (Å²) in [5, 5.41) is 17.7. The Bertz CT molecular complexity index is 1040. The van der Waals surface area contributed by atoms with Gasteiger partial charge in [0.15, 0.2) is 12.0 Å². The molecule has 8 nitrogen and oxygen atoms in total. The van der Waals surface area contributed by atoms with Crippen molar-refractivity contribution < 1.29 is 14.4 Å². The summed E-state index contributed by atoms with van der Waals surface area (Å²) >= 11 is 0. The third-order valence-electron chi connectivity index (χ3n) is 5.66. The largest absolute Gasteiger partial charge is 0.372 e. The summed E-state index contributed by atoms with van der Waals surface area (Å²) in [6.07, 6.45) is 3.57. The van der Waals surface area contributed by atoms with Crippen LogP contribution in [0.3, 0.4) is 0 Å². The molecule has 2 N–H and O–H groups in total. The summed E-state index contributed by atoms with van der Waals surface area (Å²) < 4.78 is 5.37. The molecule has 148 valence electrons. The number of hydrogen-bond donors (Lipinski definition) is 2. The fourth-order valence-corrected chi connectivity index (χ4v) is 4.04. The SMILES string of the molecule is CN1C(=O)[C@@H](NC(O)c2cc(Cc3ccccc3)on2)[C@H]2C[C@H]2c2nccnc21. The van der Waals surface area contributed by atoms with Gasteiger partial charge in [-0.25, -0.2) is 4.98 Å². The molecule has 2 aromatic heterocycles. The molecule has 8 heteroatoms. The highest BCUT2D eigenvalue weighted by Crippen LogP contribution is 2.53. The Morgan fingerprint density at radius 2 is 2.07 bits per heavy atom. The van der Waals surface area contributed by atoms with Crippen LogP contribution in [0.2, 0.25) is 0 Å². The van der Waals surface area contributed by atoms with E-state index in [0.29, 0.717) is 23.7 Å². The molecule has 2 aliphatic rings. The average Bonchev–Trinajstić information content (AvgIpc) is 3.41. The number of anilines is 1. The number of rotatable bonds is 5. The van der Waals surface area contributed by atoms with Crippen molar-refractivity contribution in [3.8, 4) is 0 Å². The fourth-order valence-electron chi connectivity index (χ4n) is 4.04. The number of aromatic nitrogens is 3. The zero-order chi connectivity index (χ0) is 20.0. The van der Waals surface area contributed by atoms with Gasteiger partial charge in [0.05, 0.1) is 11.7 Å². The van der Waals surface area contributed by atoms with Crippen molar-refractivity contribution in [1.82, 2.24) is 20.4 Å².